The Morgan fingerprint density at radius 2 is 2.22 bits per heavy atom. The van der Waals surface area contributed by atoms with E-state index in [0.717, 1.165) is 12.8 Å². The van der Waals surface area contributed by atoms with E-state index in [-0.39, 0.29) is 11.7 Å². The predicted molar refractivity (Wildman–Crippen MR) is 64.3 cm³/mol. The molecule has 0 bridgehead atoms. The number of nitro groups is 1. The fourth-order valence-electron chi connectivity index (χ4n) is 2.29. The smallest absolute Gasteiger partial charge is 0.332 e. The van der Waals surface area contributed by atoms with Crippen LogP contribution in [-0.4, -0.2) is 15.3 Å². The third kappa shape index (κ3) is 2.64. The van der Waals surface area contributed by atoms with Gasteiger partial charge < -0.3 is 4.57 Å². The van der Waals surface area contributed by atoms with Crippen molar-refractivity contribution in [3.05, 3.63) is 38.8 Å². The van der Waals surface area contributed by atoms with Crippen LogP contribution in [0, 0.1) is 16.0 Å². The van der Waals surface area contributed by atoms with Gasteiger partial charge in [0.25, 0.3) is 5.43 Å². The lowest BCUT2D eigenvalue weighted by Crippen LogP contribution is -2.14. The van der Waals surface area contributed by atoms with Crippen molar-refractivity contribution in [3.63, 3.8) is 0 Å². The molecule has 1 aliphatic rings. The van der Waals surface area contributed by atoms with Crippen LogP contribution in [0.3, 0.4) is 0 Å². The number of nitrogens with zero attached hydrogens (tertiary/aromatic N) is 2. The van der Waals surface area contributed by atoms with E-state index in [1.807, 2.05) is 0 Å². The highest BCUT2D eigenvalue weighted by atomic mass is 16.6. The fraction of sp³-hybridized carbons (Fsp3) is 0.500. The van der Waals surface area contributed by atoms with Crippen LogP contribution < -0.4 is 5.43 Å². The molecular weight excluding hydrogens is 236 g/mol. The molecular formula is C12H14N2O4. The zero-order valence-corrected chi connectivity index (χ0v) is 9.87. The molecule has 1 aliphatic carbocycles. The number of pyridine rings is 1. The Balaban J connectivity index is 2.06. The monoisotopic (exact) mass is 250 g/mol. The van der Waals surface area contributed by atoms with Gasteiger partial charge in [-0.1, -0.05) is 0 Å². The lowest BCUT2D eigenvalue weighted by atomic mass is 10.0. The maximum absolute atomic E-state index is 11.5. The van der Waals surface area contributed by atoms with Gasteiger partial charge in [0.05, 0.1) is 11.1 Å². The molecule has 0 N–H and O–H groups in total. The summed E-state index contributed by atoms with van der Waals surface area (Å²) < 4.78 is 1.60. The van der Waals surface area contributed by atoms with Gasteiger partial charge in [0.15, 0.2) is 0 Å². The topological polar surface area (TPSA) is 82.2 Å². The number of aromatic nitrogens is 1. The molecule has 0 radical (unpaired) electrons. The van der Waals surface area contributed by atoms with Crippen LogP contribution in [0.5, 0.6) is 0 Å². The van der Waals surface area contributed by atoms with Gasteiger partial charge in [-0.05, 0) is 19.3 Å². The molecule has 6 nitrogen and oxygen atoms in total. The molecule has 1 aromatic rings. The highest BCUT2D eigenvalue weighted by molar-refractivity contribution is 5.82. The number of rotatable bonds is 4. The van der Waals surface area contributed by atoms with Crippen molar-refractivity contribution in [2.75, 3.05) is 0 Å². The van der Waals surface area contributed by atoms with E-state index >= 15 is 0 Å². The van der Waals surface area contributed by atoms with Crippen LogP contribution >= 0.6 is 0 Å². The first-order valence-electron chi connectivity index (χ1n) is 5.95. The Kier molecular flexibility index (Phi) is 3.55. The maximum atomic E-state index is 11.5. The zero-order valence-electron chi connectivity index (χ0n) is 9.87. The summed E-state index contributed by atoms with van der Waals surface area (Å²) in [6, 6.07) is 1.19. The van der Waals surface area contributed by atoms with Gasteiger partial charge in [0.1, 0.15) is 5.78 Å². The number of Topliss-reactive ketones (excluding diaryl/α,β-unsaturated/α-hetero) is 1. The van der Waals surface area contributed by atoms with Crippen LogP contribution in [-0.2, 0) is 11.3 Å². The Morgan fingerprint density at radius 1 is 1.44 bits per heavy atom. The second kappa shape index (κ2) is 5.12. The second-order valence-electron chi connectivity index (χ2n) is 4.53. The van der Waals surface area contributed by atoms with E-state index < -0.39 is 16.0 Å². The number of ketones is 1. The molecule has 1 unspecified atom stereocenters. The standard InChI is InChI=1S/C12H14N2O4/c15-11-3-1-2-9(11)4-6-13-7-5-12(16)10(8-13)14(17)18/h5,7-9H,1-4,6H2. The first-order chi connectivity index (χ1) is 8.58. The lowest BCUT2D eigenvalue weighted by molar-refractivity contribution is -0.386. The van der Waals surface area contributed by atoms with Gasteiger partial charge in [0, 0.05) is 31.1 Å². The average Bonchev–Trinajstić information content (AvgIpc) is 2.73. The van der Waals surface area contributed by atoms with E-state index in [4.69, 9.17) is 0 Å². The predicted octanol–water partition coefficient (Wildman–Crippen LogP) is 1.52. The van der Waals surface area contributed by atoms with Gasteiger partial charge in [-0.15, -0.1) is 0 Å². The van der Waals surface area contributed by atoms with Crippen molar-refractivity contribution >= 4 is 11.5 Å². The van der Waals surface area contributed by atoms with Crippen LogP contribution in [0.25, 0.3) is 0 Å². The third-order valence-electron chi connectivity index (χ3n) is 3.32. The van der Waals surface area contributed by atoms with E-state index in [1.54, 1.807) is 4.57 Å². The summed E-state index contributed by atoms with van der Waals surface area (Å²) in [5.41, 5.74) is -1.01. The van der Waals surface area contributed by atoms with Crippen LogP contribution in [0.1, 0.15) is 25.7 Å². The van der Waals surface area contributed by atoms with Gasteiger partial charge in [0.2, 0.25) is 0 Å². The normalized spacial score (nSPS) is 19.1. The van der Waals surface area contributed by atoms with Crippen LogP contribution in [0.2, 0.25) is 0 Å². The molecule has 1 heterocycles. The average molecular weight is 250 g/mol. The van der Waals surface area contributed by atoms with Crippen molar-refractivity contribution in [1.82, 2.24) is 4.57 Å². The maximum Gasteiger partial charge on any atom is 0.332 e. The molecule has 1 atom stereocenters. The van der Waals surface area contributed by atoms with E-state index in [9.17, 15) is 19.7 Å². The molecule has 1 fully saturated rings. The molecule has 0 aromatic carbocycles. The fourth-order valence-corrected chi connectivity index (χ4v) is 2.29. The quantitative estimate of drug-likeness (QED) is 0.599. The number of carbonyl (C=O) groups excluding carboxylic acids is 1. The first-order valence-corrected chi connectivity index (χ1v) is 5.95. The summed E-state index contributed by atoms with van der Waals surface area (Å²) in [6.07, 6.45) is 5.93. The van der Waals surface area contributed by atoms with Gasteiger partial charge in [-0.3, -0.25) is 19.7 Å². The van der Waals surface area contributed by atoms with Gasteiger partial charge in [-0.25, -0.2) is 0 Å². The van der Waals surface area contributed by atoms with E-state index in [1.165, 1.54) is 18.5 Å². The Labute approximate surface area is 103 Å². The molecule has 0 aliphatic heterocycles. The van der Waals surface area contributed by atoms with Crippen molar-refractivity contribution in [2.45, 2.75) is 32.2 Å². The van der Waals surface area contributed by atoms with Crippen molar-refractivity contribution in [1.29, 1.82) is 0 Å². The Hall–Kier alpha value is -1.98. The summed E-state index contributed by atoms with van der Waals surface area (Å²) >= 11 is 0. The minimum Gasteiger partial charge on any atom is -0.348 e. The minimum atomic E-state index is -0.681. The van der Waals surface area contributed by atoms with Crippen LogP contribution in [0.4, 0.5) is 5.69 Å². The van der Waals surface area contributed by atoms with Crippen LogP contribution in [0.15, 0.2) is 23.3 Å². The largest absolute Gasteiger partial charge is 0.348 e. The van der Waals surface area contributed by atoms with E-state index in [0.29, 0.717) is 19.4 Å². The molecule has 0 amide bonds. The molecule has 0 saturated heterocycles. The SMILES string of the molecule is O=C1CCCC1CCn1ccc(=O)c([N+](=O)[O-])c1. The minimum absolute atomic E-state index is 0.0727. The molecule has 0 spiro atoms. The highest BCUT2D eigenvalue weighted by Gasteiger charge is 2.23. The van der Waals surface area contributed by atoms with E-state index in [2.05, 4.69) is 0 Å². The Bertz CT molecular complexity index is 535. The molecule has 6 heteroatoms. The van der Waals surface area contributed by atoms with Crippen molar-refractivity contribution in [2.24, 2.45) is 5.92 Å². The summed E-state index contributed by atoms with van der Waals surface area (Å²) in [5.74, 6) is 0.356. The Morgan fingerprint density at radius 3 is 2.83 bits per heavy atom. The molecule has 96 valence electrons. The third-order valence-corrected chi connectivity index (χ3v) is 3.32. The number of hydrogen-bond donors (Lipinski definition) is 0. The molecule has 1 aromatic heterocycles. The first kappa shape index (κ1) is 12.5. The van der Waals surface area contributed by atoms with Gasteiger partial charge >= 0.3 is 5.69 Å². The second-order valence-corrected chi connectivity index (χ2v) is 4.53. The summed E-state index contributed by atoms with van der Waals surface area (Å²) in [7, 11) is 0. The molecule has 2 rings (SSSR count). The number of carbonyl (C=O) groups is 1. The molecule has 1 saturated carbocycles. The van der Waals surface area contributed by atoms with Gasteiger partial charge in [-0.2, -0.15) is 0 Å². The highest BCUT2D eigenvalue weighted by Crippen LogP contribution is 2.24. The number of aryl methyl sites for hydroxylation is 1. The summed E-state index contributed by atoms with van der Waals surface area (Å²) in [6.45, 7) is 0.525. The summed E-state index contributed by atoms with van der Waals surface area (Å²) in [4.78, 5) is 32.6. The molecule has 18 heavy (non-hydrogen) atoms. The number of hydrogen-bond acceptors (Lipinski definition) is 4. The summed E-state index contributed by atoms with van der Waals surface area (Å²) in [5, 5.41) is 10.6. The lowest BCUT2D eigenvalue weighted by Gasteiger charge is -2.09. The zero-order chi connectivity index (χ0) is 13.1. The van der Waals surface area contributed by atoms with Crippen molar-refractivity contribution < 1.29 is 9.72 Å². The van der Waals surface area contributed by atoms with Crippen molar-refractivity contribution in [3.8, 4) is 0 Å².